The fourth-order valence-corrected chi connectivity index (χ4v) is 4.87. The van der Waals surface area contributed by atoms with Crippen molar-refractivity contribution in [1.29, 1.82) is 0 Å². The summed E-state index contributed by atoms with van der Waals surface area (Å²) in [6, 6.07) is 37.4. The molecule has 0 atom stereocenters. The van der Waals surface area contributed by atoms with Gasteiger partial charge in [-0.15, -0.1) is 0 Å². The Labute approximate surface area is 247 Å². The van der Waals surface area contributed by atoms with Crippen molar-refractivity contribution in [2.24, 2.45) is 5.16 Å². The lowest BCUT2D eigenvalue weighted by atomic mass is 9.80. The number of carbonyl (C=O) groups is 1. The molecular formula is C35H35N3O4. The fraction of sp³-hybridized carbons (Fsp3) is 0.200. The van der Waals surface area contributed by atoms with E-state index < -0.39 is 5.60 Å². The van der Waals surface area contributed by atoms with Crippen LogP contribution in [0.15, 0.2) is 126 Å². The van der Waals surface area contributed by atoms with Crippen LogP contribution in [0, 0.1) is 0 Å². The van der Waals surface area contributed by atoms with E-state index in [1.165, 1.54) is 6.08 Å². The highest BCUT2D eigenvalue weighted by Crippen LogP contribution is 2.39. The largest absolute Gasteiger partial charge is 0.394 e. The molecule has 5 rings (SSSR count). The van der Waals surface area contributed by atoms with E-state index >= 15 is 0 Å². The Kier molecular flexibility index (Phi) is 10.3. The maximum atomic E-state index is 13.0. The average molecular weight is 562 g/mol. The molecule has 1 N–H and O–H groups in total. The van der Waals surface area contributed by atoms with Crippen LogP contribution in [-0.4, -0.2) is 56.5 Å². The number of hydrogen-bond donors (Lipinski definition) is 1. The first-order valence-electron chi connectivity index (χ1n) is 14.1. The first-order chi connectivity index (χ1) is 20.7. The summed E-state index contributed by atoms with van der Waals surface area (Å²) in [6.07, 6.45) is 4.89. The van der Waals surface area contributed by atoms with Crippen LogP contribution >= 0.6 is 0 Å². The molecule has 0 unspecified atom stereocenters. The lowest BCUT2D eigenvalue weighted by Crippen LogP contribution is -2.40. The number of nitrogens with zero attached hydrogens (tertiary/aromatic N) is 2. The zero-order chi connectivity index (χ0) is 28.9. The summed E-state index contributed by atoms with van der Waals surface area (Å²) in [5.41, 5.74) is 6.12. The van der Waals surface area contributed by atoms with Crippen LogP contribution in [0.25, 0.3) is 6.08 Å². The van der Waals surface area contributed by atoms with Crippen molar-refractivity contribution in [3.8, 4) is 0 Å². The third kappa shape index (κ3) is 7.59. The summed E-state index contributed by atoms with van der Waals surface area (Å²) in [7, 11) is 0. The molecule has 1 aliphatic heterocycles. The van der Waals surface area contributed by atoms with Crippen molar-refractivity contribution in [1.82, 2.24) is 10.4 Å². The molecular weight excluding hydrogens is 526 g/mol. The molecule has 7 nitrogen and oxygen atoms in total. The van der Waals surface area contributed by atoms with Crippen LogP contribution in [0.3, 0.4) is 0 Å². The number of oxime groups is 1. The van der Waals surface area contributed by atoms with Crippen LogP contribution in [0.1, 0.15) is 27.8 Å². The van der Waals surface area contributed by atoms with Gasteiger partial charge in [-0.25, -0.2) is 5.48 Å². The normalized spacial score (nSPS) is 14.3. The standard InChI is InChI=1S/C35H35N3O4/c39-34(21-20-29-16-18-30(19-17-29)28-36-41-27-24-38-22-25-40-26-23-38)37-42-35(31-10-4-1-5-11-31,32-12-6-2-7-13-32)33-14-8-3-9-15-33/h1-21,28H,22-27H2,(H,37,39)/b21-20+,36-28+. The molecule has 0 spiro atoms. The Morgan fingerprint density at radius 2 is 1.31 bits per heavy atom. The molecule has 4 aromatic carbocycles. The van der Waals surface area contributed by atoms with E-state index in [1.54, 1.807) is 12.3 Å². The molecule has 0 saturated carbocycles. The van der Waals surface area contributed by atoms with Gasteiger partial charge in [-0.1, -0.05) is 120 Å². The number of amides is 1. The second-order valence-corrected chi connectivity index (χ2v) is 9.87. The van der Waals surface area contributed by atoms with Crippen molar-refractivity contribution < 1.29 is 19.2 Å². The van der Waals surface area contributed by atoms with Gasteiger partial charge in [0, 0.05) is 25.7 Å². The molecule has 0 radical (unpaired) electrons. The van der Waals surface area contributed by atoms with Crippen molar-refractivity contribution in [2.75, 3.05) is 39.5 Å². The highest BCUT2D eigenvalue weighted by molar-refractivity contribution is 5.91. The van der Waals surface area contributed by atoms with Gasteiger partial charge >= 0.3 is 0 Å². The van der Waals surface area contributed by atoms with Crippen LogP contribution in [-0.2, 0) is 24.8 Å². The van der Waals surface area contributed by atoms with Gasteiger partial charge in [0.2, 0.25) is 0 Å². The summed E-state index contributed by atoms with van der Waals surface area (Å²) in [6.45, 7) is 4.78. The van der Waals surface area contributed by atoms with E-state index in [0.717, 1.165) is 60.7 Å². The van der Waals surface area contributed by atoms with Crippen LogP contribution in [0.2, 0.25) is 0 Å². The molecule has 214 valence electrons. The van der Waals surface area contributed by atoms with Gasteiger partial charge in [0.05, 0.1) is 19.4 Å². The smallest absolute Gasteiger partial charge is 0.267 e. The van der Waals surface area contributed by atoms with E-state index in [-0.39, 0.29) is 5.91 Å². The summed E-state index contributed by atoms with van der Waals surface area (Å²) in [5, 5.41) is 4.07. The van der Waals surface area contributed by atoms with Gasteiger partial charge in [0.25, 0.3) is 5.91 Å². The van der Waals surface area contributed by atoms with Gasteiger partial charge in [0.1, 0.15) is 6.61 Å². The number of hydrogen-bond acceptors (Lipinski definition) is 6. The maximum absolute atomic E-state index is 13.0. The first kappa shape index (κ1) is 29.0. The van der Waals surface area contributed by atoms with E-state index in [0.29, 0.717) is 6.61 Å². The molecule has 4 aromatic rings. The predicted octanol–water partition coefficient (Wildman–Crippen LogP) is 5.42. The summed E-state index contributed by atoms with van der Waals surface area (Å²) in [5.74, 6) is -0.374. The molecule has 1 fully saturated rings. The highest BCUT2D eigenvalue weighted by atomic mass is 16.7. The Hall–Kier alpha value is -4.56. The number of hydroxylamine groups is 1. The zero-order valence-corrected chi connectivity index (χ0v) is 23.5. The predicted molar refractivity (Wildman–Crippen MR) is 165 cm³/mol. The van der Waals surface area contributed by atoms with E-state index in [9.17, 15) is 4.79 Å². The second kappa shape index (κ2) is 14.9. The van der Waals surface area contributed by atoms with Crippen LogP contribution in [0.4, 0.5) is 0 Å². The van der Waals surface area contributed by atoms with E-state index in [1.807, 2.05) is 115 Å². The van der Waals surface area contributed by atoms with E-state index in [2.05, 4.69) is 15.5 Å². The van der Waals surface area contributed by atoms with Gasteiger partial charge in [-0.3, -0.25) is 14.5 Å². The van der Waals surface area contributed by atoms with Crippen molar-refractivity contribution in [2.45, 2.75) is 5.60 Å². The monoisotopic (exact) mass is 561 g/mol. The van der Waals surface area contributed by atoms with Crippen LogP contribution in [0.5, 0.6) is 0 Å². The number of rotatable bonds is 12. The maximum Gasteiger partial charge on any atom is 0.267 e. The zero-order valence-electron chi connectivity index (χ0n) is 23.5. The number of carbonyl (C=O) groups excluding carboxylic acids is 1. The lowest BCUT2D eigenvalue weighted by Gasteiger charge is -2.34. The molecule has 1 amide bonds. The average Bonchev–Trinajstić information content (AvgIpc) is 3.06. The quantitative estimate of drug-likeness (QED) is 0.0822. The molecule has 1 heterocycles. The molecule has 0 aliphatic carbocycles. The summed E-state index contributed by atoms with van der Waals surface area (Å²) >= 11 is 0. The Bertz CT molecular complexity index is 1340. The Morgan fingerprint density at radius 1 is 0.786 bits per heavy atom. The Balaban J connectivity index is 1.22. The topological polar surface area (TPSA) is 72.4 Å². The highest BCUT2D eigenvalue weighted by Gasteiger charge is 2.38. The molecule has 0 bridgehead atoms. The van der Waals surface area contributed by atoms with Gasteiger partial charge in [0.15, 0.2) is 5.60 Å². The van der Waals surface area contributed by atoms with Gasteiger partial charge < -0.3 is 9.57 Å². The number of ether oxygens (including phenoxy) is 1. The number of morpholine rings is 1. The minimum Gasteiger partial charge on any atom is -0.394 e. The molecule has 1 aliphatic rings. The minimum absolute atomic E-state index is 0.374. The SMILES string of the molecule is O=C(/C=C/c1ccc(/C=N/OCCN2CCOCC2)cc1)NOC(c1ccccc1)(c1ccccc1)c1ccccc1. The van der Waals surface area contributed by atoms with Gasteiger partial charge in [-0.2, -0.15) is 0 Å². The van der Waals surface area contributed by atoms with Crippen molar-refractivity contribution >= 4 is 18.2 Å². The summed E-state index contributed by atoms with van der Waals surface area (Å²) in [4.78, 5) is 27.0. The third-order valence-electron chi connectivity index (χ3n) is 7.09. The van der Waals surface area contributed by atoms with Crippen LogP contribution < -0.4 is 5.48 Å². The fourth-order valence-electron chi connectivity index (χ4n) is 4.87. The van der Waals surface area contributed by atoms with Gasteiger partial charge in [-0.05, 0) is 33.9 Å². The van der Waals surface area contributed by atoms with Crippen molar-refractivity contribution in [3.63, 3.8) is 0 Å². The van der Waals surface area contributed by atoms with E-state index in [4.69, 9.17) is 14.4 Å². The number of nitrogens with one attached hydrogen (secondary N) is 1. The minimum atomic E-state index is -1.04. The number of benzene rings is 4. The lowest BCUT2D eigenvalue weighted by molar-refractivity contribution is -0.138. The Morgan fingerprint density at radius 3 is 1.86 bits per heavy atom. The second-order valence-electron chi connectivity index (χ2n) is 9.87. The molecule has 42 heavy (non-hydrogen) atoms. The molecule has 7 heteroatoms. The third-order valence-corrected chi connectivity index (χ3v) is 7.09. The molecule has 0 aromatic heterocycles. The first-order valence-corrected chi connectivity index (χ1v) is 14.1. The van der Waals surface area contributed by atoms with Crippen molar-refractivity contribution in [3.05, 3.63) is 149 Å². The molecule has 1 saturated heterocycles. The summed E-state index contributed by atoms with van der Waals surface area (Å²) < 4.78 is 5.36.